The van der Waals surface area contributed by atoms with Crippen molar-refractivity contribution in [2.75, 3.05) is 12.3 Å². The summed E-state index contributed by atoms with van der Waals surface area (Å²) in [4.78, 5) is 15.7. The molecule has 108 valence electrons. The van der Waals surface area contributed by atoms with Crippen molar-refractivity contribution < 1.29 is 9.53 Å². The van der Waals surface area contributed by atoms with E-state index in [1.54, 1.807) is 17.8 Å². The monoisotopic (exact) mass is 277 g/mol. The van der Waals surface area contributed by atoms with Crippen molar-refractivity contribution in [1.82, 2.24) is 19.3 Å². The highest BCUT2D eigenvalue weighted by Gasteiger charge is 2.18. The number of imidazole rings is 1. The number of anilines is 1. The summed E-state index contributed by atoms with van der Waals surface area (Å²) in [5.74, 6) is -0.186. The topological polar surface area (TPSA) is 88.0 Å². The lowest BCUT2D eigenvalue weighted by Crippen LogP contribution is -2.11. The van der Waals surface area contributed by atoms with Gasteiger partial charge in [0.2, 0.25) is 0 Å². The molecule has 7 heteroatoms. The fourth-order valence-corrected chi connectivity index (χ4v) is 2.09. The lowest BCUT2D eigenvalue weighted by molar-refractivity contribution is 0.0521. The first-order valence-corrected chi connectivity index (χ1v) is 6.42. The number of hydrogen-bond donors (Lipinski definition) is 1. The van der Waals surface area contributed by atoms with Crippen LogP contribution in [0.4, 0.5) is 5.82 Å². The number of aryl methyl sites for hydroxylation is 2. The van der Waals surface area contributed by atoms with Crippen molar-refractivity contribution >= 4 is 11.8 Å². The van der Waals surface area contributed by atoms with E-state index in [0.717, 1.165) is 17.0 Å². The Hall–Kier alpha value is -2.31. The highest BCUT2D eigenvalue weighted by molar-refractivity contribution is 5.92. The van der Waals surface area contributed by atoms with E-state index < -0.39 is 5.97 Å². The fourth-order valence-electron chi connectivity index (χ4n) is 2.09. The Morgan fingerprint density at radius 2 is 2.15 bits per heavy atom. The molecule has 0 radical (unpaired) electrons. The minimum absolute atomic E-state index is 0.158. The summed E-state index contributed by atoms with van der Waals surface area (Å²) in [6, 6.07) is 0. The maximum Gasteiger partial charge on any atom is 0.360 e. The number of nitrogens with zero attached hydrogens (tertiary/aromatic N) is 4. The van der Waals surface area contributed by atoms with Gasteiger partial charge >= 0.3 is 5.97 Å². The van der Waals surface area contributed by atoms with Gasteiger partial charge in [0.05, 0.1) is 25.2 Å². The van der Waals surface area contributed by atoms with Crippen LogP contribution in [0.2, 0.25) is 0 Å². The first-order valence-electron chi connectivity index (χ1n) is 6.42. The van der Waals surface area contributed by atoms with E-state index in [4.69, 9.17) is 10.5 Å². The average molecular weight is 277 g/mol. The predicted molar refractivity (Wildman–Crippen MR) is 74.4 cm³/mol. The molecule has 2 aromatic rings. The molecule has 2 heterocycles. The number of carbonyl (C=O) groups excluding carboxylic acids is 1. The zero-order valence-electron chi connectivity index (χ0n) is 12.2. The number of ether oxygens (including phenoxy) is 1. The number of nitrogens with two attached hydrogens (primary N) is 1. The van der Waals surface area contributed by atoms with Gasteiger partial charge < -0.3 is 15.0 Å². The minimum atomic E-state index is -0.497. The van der Waals surface area contributed by atoms with Gasteiger partial charge in [-0.3, -0.25) is 4.68 Å². The quantitative estimate of drug-likeness (QED) is 0.844. The zero-order chi connectivity index (χ0) is 14.9. The molecule has 2 rings (SSSR count). The molecular formula is C13H19N5O2. The van der Waals surface area contributed by atoms with Gasteiger partial charge in [-0.05, 0) is 20.8 Å². The van der Waals surface area contributed by atoms with E-state index in [1.807, 2.05) is 25.6 Å². The molecule has 0 saturated carbocycles. The van der Waals surface area contributed by atoms with Crippen LogP contribution >= 0.6 is 0 Å². The molecule has 0 saturated heterocycles. The molecule has 0 fully saturated rings. The second kappa shape index (κ2) is 5.36. The van der Waals surface area contributed by atoms with Crippen molar-refractivity contribution in [3.63, 3.8) is 0 Å². The van der Waals surface area contributed by atoms with Crippen LogP contribution in [0.25, 0.3) is 0 Å². The molecule has 0 amide bonds. The highest BCUT2D eigenvalue weighted by atomic mass is 16.5. The van der Waals surface area contributed by atoms with E-state index in [-0.39, 0.29) is 5.69 Å². The predicted octanol–water partition coefficient (Wildman–Crippen LogP) is 1.04. The van der Waals surface area contributed by atoms with Gasteiger partial charge in [-0.1, -0.05) is 0 Å². The van der Waals surface area contributed by atoms with Crippen molar-refractivity contribution in [3.05, 3.63) is 29.0 Å². The first-order chi connectivity index (χ1) is 9.45. The number of esters is 1. The molecule has 2 N–H and O–H groups in total. The van der Waals surface area contributed by atoms with Gasteiger partial charge in [0.25, 0.3) is 0 Å². The molecule has 0 atom stereocenters. The number of rotatable bonds is 4. The summed E-state index contributed by atoms with van der Waals surface area (Å²) in [7, 11) is 1.90. The van der Waals surface area contributed by atoms with Crippen LogP contribution in [-0.2, 0) is 18.3 Å². The third-order valence-corrected chi connectivity index (χ3v) is 3.33. The molecular weight excluding hydrogens is 258 g/mol. The second-order valence-electron chi connectivity index (χ2n) is 4.60. The van der Waals surface area contributed by atoms with Crippen molar-refractivity contribution in [2.45, 2.75) is 27.3 Å². The molecule has 0 aliphatic carbocycles. The Morgan fingerprint density at radius 1 is 1.45 bits per heavy atom. The smallest absolute Gasteiger partial charge is 0.360 e. The van der Waals surface area contributed by atoms with Gasteiger partial charge in [0, 0.05) is 18.3 Å². The van der Waals surface area contributed by atoms with E-state index in [1.165, 1.54) is 0 Å². The number of nitrogen functional groups attached to an aromatic ring is 1. The molecule has 0 aliphatic heterocycles. The van der Waals surface area contributed by atoms with Crippen LogP contribution in [0.1, 0.15) is 34.4 Å². The van der Waals surface area contributed by atoms with Crippen LogP contribution in [0.5, 0.6) is 0 Å². The second-order valence-corrected chi connectivity index (χ2v) is 4.60. The fraction of sp³-hybridized carbons (Fsp3) is 0.462. The van der Waals surface area contributed by atoms with Crippen molar-refractivity contribution in [1.29, 1.82) is 0 Å². The average Bonchev–Trinajstić information content (AvgIpc) is 2.86. The summed E-state index contributed by atoms with van der Waals surface area (Å²) in [5.41, 5.74) is 9.20. The van der Waals surface area contributed by atoms with Gasteiger partial charge in [-0.25, -0.2) is 9.78 Å². The van der Waals surface area contributed by atoms with Crippen LogP contribution in [0, 0.1) is 13.8 Å². The Morgan fingerprint density at radius 3 is 2.70 bits per heavy atom. The van der Waals surface area contributed by atoms with Gasteiger partial charge in [0.1, 0.15) is 5.82 Å². The van der Waals surface area contributed by atoms with Crippen molar-refractivity contribution in [3.8, 4) is 0 Å². The van der Waals surface area contributed by atoms with Gasteiger partial charge in [0.15, 0.2) is 5.69 Å². The summed E-state index contributed by atoms with van der Waals surface area (Å²) in [6.07, 6.45) is 1.55. The normalized spacial score (nSPS) is 10.8. The molecule has 2 aromatic heterocycles. The third kappa shape index (κ3) is 2.38. The SMILES string of the molecule is CCOC(=O)c1ncn(Cc2c(C)nn(C)c2C)c1N. The number of aromatic nitrogens is 4. The number of carbonyl (C=O) groups is 1. The maximum atomic E-state index is 11.7. The Balaban J connectivity index is 2.29. The zero-order valence-corrected chi connectivity index (χ0v) is 12.2. The van der Waals surface area contributed by atoms with E-state index in [2.05, 4.69) is 10.1 Å². The van der Waals surface area contributed by atoms with Crippen LogP contribution in [0.3, 0.4) is 0 Å². The summed E-state index contributed by atoms with van der Waals surface area (Å²) in [5, 5.41) is 4.36. The third-order valence-electron chi connectivity index (χ3n) is 3.33. The first kappa shape index (κ1) is 14.1. The van der Waals surface area contributed by atoms with Crippen LogP contribution < -0.4 is 5.73 Å². The summed E-state index contributed by atoms with van der Waals surface area (Å²) in [6.45, 7) is 6.51. The Bertz CT molecular complexity index is 641. The molecule has 0 bridgehead atoms. The maximum absolute atomic E-state index is 11.7. The molecule has 7 nitrogen and oxygen atoms in total. The molecule has 20 heavy (non-hydrogen) atoms. The Labute approximate surface area is 117 Å². The lowest BCUT2D eigenvalue weighted by atomic mass is 10.2. The molecule has 0 aliphatic rings. The molecule has 0 aromatic carbocycles. The number of hydrogen-bond acceptors (Lipinski definition) is 5. The lowest BCUT2D eigenvalue weighted by Gasteiger charge is -2.06. The summed E-state index contributed by atoms with van der Waals surface area (Å²) >= 11 is 0. The largest absolute Gasteiger partial charge is 0.461 e. The van der Waals surface area contributed by atoms with Crippen LogP contribution in [-0.4, -0.2) is 31.9 Å². The van der Waals surface area contributed by atoms with E-state index >= 15 is 0 Å². The van der Waals surface area contributed by atoms with Gasteiger partial charge in [-0.15, -0.1) is 0 Å². The van der Waals surface area contributed by atoms with Gasteiger partial charge in [-0.2, -0.15) is 5.10 Å². The van der Waals surface area contributed by atoms with E-state index in [9.17, 15) is 4.79 Å². The highest BCUT2D eigenvalue weighted by Crippen LogP contribution is 2.18. The molecule has 0 spiro atoms. The summed E-state index contributed by atoms with van der Waals surface area (Å²) < 4.78 is 8.46. The van der Waals surface area contributed by atoms with E-state index in [0.29, 0.717) is 19.0 Å². The van der Waals surface area contributed by atoms with Crippen molar-refractivity contribution in [2.24, 2.45) is 7.05 Å². The Kier molecular flexibility index (Phi) is 3.78. The standard InChI is InChI=1S/C13H19N5O2/c1-5-20-13(19)11-12(14)18(7-15-11)6-10-8(2)16-17(4)9(10)3/h7H,5-6,14H2,1-4H3. The van der Waals surface area contributed by atoms with Crippen LogP contribution in [0.15, 0.2) is 6.33 Å². The minimum Gasteiger partial charge on any atom is -0.461 e. The molecule has 0 unspecified atom stereocenters.